The Hall–Kier alpha value is -3.63. The van der Waals surface area contributed by atoms with Crippen molar-refractivity contribution in [2.24, 2.45) is 0 Å². The minimum Gasteiger partial charge on any atom is -0.490 e. The van der Waals surface area contributed by atoms with E-state index in [1.54, 1.807) is 42.7 Å². The molecule has 3 aromatic heterocycles. The number of anilines is 3. The maximum absolute atomic E-state index is 12.8. The van der Waals surface area contributed by atoms with Gasteiger partial charge in [0, 0.05) is 55.4 Å². The third-order valence-corrected chi connectivity index (χ3v) is 5.06. The van der Waals surface area contributed by atoms with Crippen LogP contribution in [0.4, 0.5) is 21.7 Å². The van der Waals surface area contributed by atoms with E-state index in [-0.39, 0.29) is 5.91 Å². The Labute approximate surface area is 191 Å². The molecule has 3 aromatic rings. The van der Waals surface area contributed by atoms with Crippen molar-refractivity contribution in [2.45, 2.75) is 6.67 Å². The first-order chi connectivity index (χ1) is 16.2. The van der Waals surface area contributed by atoms with Crippen molar-refractivity contribution in [2.75, 3.05) is 50.1 Å². The zero-order valence-electron chi connectivity index (χ0n) is 18.0. The lowest BCUT2D eigenvalue weighted by molar-refractivity contribution is 0.0323. The molecule has 1 aliphatic heterocycles. The minimum absolute atomic E-state index is 0.327. The highest BCUT2D eigenvalue weighted by Crippen LogP contribution is 2.24. The molecule has 0 radical (unpaired) electrons. The molecule has 0 aromatic carbocycles. The topological polar surface area (TPSA) is 102 Å². The molecule has 33 heavy (non-hydrogen) atoms. The number of alkyl halides is 1. The van der Waals surface area contributed by atoms with Crippen molar-refractivity contribution >= 4 is 23.2 Å². The summed E-state index contributed by atoms with van der Waals surface area (Å²) in [5, 5.41) is 5.86. The summed E-state index contributed by atoms with van der Waals surface area (Å²) in [7, 11) is 0. The molecule has 0 spiro atoms. The van der Waals surface area contributed by atoms with Crippen LogP contribution in [0.25, 0.3) is 0 Å². The second kappa shape index (κ2) is 11.3. The Morgan fingerprint density at radius 1 is 1.09 bits per heavy atom. The maximum Gasteiger partial charge on any atom is 0.255 e. The lowest BCUT2D eigenvalue weighted by Gasteiger charge is -2.26. The van der Waals surface area contributed by atoms with Crippen molar-refractivity contribution in [1.29, 1.82) is 0 Å². The molecular weight excluding hydrogens is 427 g/mol. The number of hydrogen-bond acceptors (Lipinski definition) is 8. The number of nitrogens with zero attached hydrogens (tertiary/aromatic N) is 4. The average molecular weight is 452 g/mol. The Kier molecular flexibility index (Phi) is 7.72. The highest BCUT2D eigenvalue weighted by atomic mass is 19.1. The van der Waals surface area contributed by atoms with Crippen molar-refractivity contribution in [3.05, 3.63) is 66.2 Å². The molecule has 1 aliphatic rings. The van der Waals surface area contributed by atoms with Crippen LogP contribution in [0.5, 0.6) is 5.75 Å². The molecule has 4 heterocycles. The minimum atomic E-state index is -0.575. The van der Waals surface area contributed by atoms with Gasteiger partial charge in [0.1, 0.15) is 36.4 Å². The molecular formula is C23H25FN6O3. The van der Waals surface area contributed by atoms with E-state index in [1.807, 2.05) is 0 Å². The van der Waals surface area contributed by atoms with Gasteiger partial charge in [-0.2, -0.15) is 0 Å². The summed E-state index contributed by atoms with van der Waals surface area (Å²) in [4.78, 5) is 27.6. The number of hydrogen-bond donors (Lipinski definition) is 2. The number of halogens is 1. The number of aromatic nitrogens is 3. The zero-order valence-corrected chi connectivity index (χ0v) is 18.0. The molecule has 0 unspecified atom stereocenters. The quantitative estimate of drug-likeness (QED) is 0.511. The lowest BCUT2D eigenvalue weighted by atomic mass is 10.2. The molecule has 0 saturated carbocycles. The van der Waals surface area contributed by atoms with Gasteiger partial charge in [0.05, 0.1) is 19.4 Å². The number of morpholine rings is 1. The van der Waals surface area contributed by atoms with E-state index in [2.05, 4.69) is 30.5 Å². The van der Waals surface area contributed by atoms with Crippen molar-refractivity contribution < 1.29 is 18.7 Å². The number of pyridine rings is 3. The summed E-state index contributed by atoms with van der Waals surface area (Å²) in [6.45, 7) is 3.93. The van der Waals surface area contributed by atoms with Gasteiger partial charge >= 0.3 is 0 Å². The van der Waals surface area contributed by atoms with Crippen LogP contribution in [0.15, 0.2) is 55.1 Å². The predicted octanol–water partition coefficient (Wildman–Crippen LogP) is 3.05. The van der Waals surface area contributed by atoms with E-state index < -0.39 is 6.67 Å². The molecule has 172 valence electrons. The Morgan fingerprint density at radius 3 is 2.76 bits per heavy atom. The standard InChI is InChI=1S/C23H25FN6O3/c24-14-17-1-2-21(27-15-17)29-22-13-18(3-6-26-22)23(31)28-19-16-25-5-4-20(19)33-12-9-30-7-10-32-11-8-30/h1-6,13,15-16H,7-12,14H2,(H,28,31)(H,26,27,29). The van der Waals surface area contributed by atoms with Crippen LogP contribution in [0.2, 0.25) is 0 Å². The summed E-state index contributed by atoms with van der Waals surface area (Å²) in [6, 6.07) is 8.22. The molecule has 0 atom stereocenters. The SMILES string of the molecule is O=C(Nc1cnccc1OCCN1CCOCC1)c1ccnc(Nc2ccc(CF)cn2)c1. The molecule has 9 nitrogen and oxygen atoms in total. The van der Waals surface area contributed by atoms with Crippen LogP contribution in [0, 0.1) is 0 Å². The first-order valence-corrected chi connectivity index (χ1v) is 10.6. The maximum atomic E-state index is 12.8. The van der Waals surface area contributed by atoms with E-state index in [9.17, 15) is 9.18 Å². The second-order valence-electron chi connectivity index (χ2n) is 7.37. The molecule has 4 rings (SSSR count). The lowest BCUT2D eigenvalue weighted by Crippen LogP contribution is -2.38. The van der Waals surface area contributed by atoms with Crippen molar-refractivity contribution in [3.63, 3.8) is 0 Å². The highest BCUT2D eigenvalue weighted by molar-refractivity contribution is 6.05. The number of amides is 1. The van der Waals surface area contributed by atoms with E-state index in [0.717, 1.165) is 32.8 Å². The van der Waals surface area contributed by atoms with Crippen LogP contribution in [-0.4, -0.2) is 65.2 Å². The summed E-state index contributed by atoms with van der Waals surface area (Å²) in [5.41, 5.74) is 1.37. The molecule has 1 fully saturated rings. The summed E-state index contributed by atoms with van der Waals surface area (Å²) in [6.07, 6.45) is 6.14. The van der Waals surface area contributed by atoms with E-state index in [4.69, 9.17) is 9.47 Å². The Bertz CT molecular complexity index is 1060. The number of rotatable bonds is 9. The van der Waals surface area contributed by atoms with Gasteiger partial charge in [-0.05, 0) is 18.2 Å². The fraction of sp³-hybridized carbons (Fsp3) is 0.304. The monoisotopic (exact) mass is 452 g/mol. The smallest absolute Gasteiger partial charge is 0.255 e. The van der Waals surface area contributed by atoms with Gasteiger partial charge < -0.3 is 20.1 Å². The average Bonchev–Trinajstić information content (AvgIpc) is 2.86. The van der Waals surface area contributed by atoms with Gasteiger partial charge in [-0.3, -0.25) is 14.7 Å². The van der Waals surface area contributed by atoms with Crippen LogP contribution < -0.4 is 15.4 Å². The van der Waals surface area contributed by atoms with Crippen LogP contribution >= 0.6 is 0 Å². The summed E-state index contributed by atoms with van der Waals surface area (Å²) < 4.78 is 23.9. The van der Waals surface area contributed by atoms with Gasteiger partial charge in [-0.1, -0.05) is 6.07 Å². The molecule has 0 aliphatic carbocycles. The largest absolute Gasteiger partial charge is 0.490 e. The molecule has 10 heteroatoms. The third-order valence-electron chi connectivity index (χ3n) is 5.06. The predicted molar refractivity (Wildman–Crippen MR) is 122 cm³/mol. The van der Waals surface area contributed by atoms with E-state index in [0.29, 0.717) is 40.8 Å². The van der Waals surface area contributed by atoms with Gasteiger partial charge in [0.15, 0.2) is 0 Å². The number of nitrogens with one attached hydrogen (secondary N) is 2. The summed E-state index contributed by atoms with van der Waals surface area (Å²) >= 11 is 0. The fourth-order valence-corrected chi connectivity index (χ4v) is 3.25. The molecule has 1 amide bonds. The van der Waals surface area contributed by atoms with Crippen LogP contribution in [-0.2, 0) is 11.4 Å². The van der Waals surface area contributed by atoms with Gasteiger partial charge in [-0.15, -0.1) is 0 Å². The highest BCUT2D eigenvalue weighted by Gasteiger charge is 2.13. The fourth-order valence-electron chi connectivity index (χ4n) is 3.25. The Balaban J connectivity index is 1.37. The molecule has 1 saturated heterocycles. The molecule has 2 N–H and O–H groups in total. The second-order valence-corrected chi connectivity index (χ2v) is 7.37. The summed E-state index contributed by atoms with van der Waals surface area (Å²) in [5.74, 6) is 1.17. The molecule has 0 bridgehead atoms. The van der Waals surface area contributed by atoms with Gasteiger partial charge in [0.2, 0.25) is 0 Å². The van der Waals surface area contributed by atoms with Crippen molar-refractivity contribution in [1.82, 2.24) is 19.9 Å². The van der Waals surface area contributed by atoms with Crippen LogP contribution in [0.3, 0.4) is 0 Å². The van der Waals surface area contributed by atoms with Gasteiger partial charge in [0.25, 0.3) is 5.91 Å². The van der Waals surface area contributed by atoms with Gasteiger partial charge in [-0.25, -0.2) is 14.4 Å². The first kappa shape index (κ1) is 22.6. The third kappa shape index (κ3) is 6.43. The zero-order chi connectivity index (χ0) is 22.9. The van der Waals surface area contributed by atoms with Crippen LogP contribution in [0.1, 0.15) is 15.9 Å². The normalized spacial score (nSPS) is 14.0. The van der Waals surface area contributed by atoms with Crippen molar-refractivity contribution in [3.8, 4) is 5.75 Å². The number of carbonyl (C=O) groups is 1. The first-order valence-electron chi connectivity index (χ1n) is 10.6. The van der Waals surface area contributed by atoms with E-state index in [1.165, 1.54) is 12.4 Å². The Morgan fingerprint density at radius 2 is 1.97 bits per heavy atom. The number of carbonyl (C=O) groups excluding carboxylic acids is 1. The number of ether oxygens (including phenoxy) is 2. The van der Waals surface area contributed by atoms with E-state index >= 15 is 0 Å².